The molecule has 0 N–H and O–H groups in total. The SMILES string of the molecule is Cc1ccccc1-c1ccc2c(c1)C(C)(C)c1cc(-c3ccc(N(c4ccc(-c5ccc6c(c5)C(C)(C)c5cc(-c7ccccc7)ccc5-6)cc4)c4ccc(-c5nc(-c6ccccc6)nc(-c6ccccc6)n5)cc4)cc3C)ccc1-2. The molecular weight excluding hydrogens is 981 g/mol. The standard InChI is InChI=1S/C77H60N4/c1-49-18-16-17-25-63(49)58-32-41-67-68-42-33-59(48-72(68)77(5,6)71(67)47-58)64-43-38-62(44-50(64)2)81(61-36-28-55(29-37-61)75-79-73(53-21-12-8-13-22-53)78-74(80-75)54-23-14-9-15-24-54)60-34-26-52(27-35-60)57-31-40-66-65-39-30-56(51-19-10-7-11-20-51)45-69(65)76(3,4)70(66)46-57/h7-48H,1-6H3. The largest absolute Gasteiger partial charge is 0.310 e. The number of hydrogen-bond acceptors (Lipinski definition) is 4. The Kier molecular flexibility index (Phi) is 11.9. The molecule has 0 atom stereocenters. The Balaban J connectivity index is 0.823. The lowest BCUT2D eigenvalue weighted by Crippen LogP contribution is -2.15. The van der Waals surface area contributed by atoms with Gasteiger partial charge in [0.05, 0.1) is 0 Å². The zero-order valence-corrected chi connectivity index (χ0v) is 46.5. The summed E-state index contributed by atoms with van der Waals surface area (Å²) < 4.78 is 0. The van der Waals surface area contributed by atoms with Crippen molar-refractivity contribution in [2.24, 2.45) is 0 Å². The van der Waals surface area contributed by atoms with E-state index in [9.17, 15) is 0 Å². The average molecular weight is 1040 g/mol. The normalized spacial score (nSPS) is 13.3. The Morgan fingerprint density at radius 1 is 0.247 bits per heavy atom. The van der Waals surface area contributed by atoms with Crippen molar-refractivity contribution in [2.75, 3.05) is 4.90 Å². The second kappa shape index (κ2) is 19.5. The number of rotatable bonds is 10. The van der Waals surface area contributed by atoms with E-state index >= 15 is 0 Å². The summed E-state index contributed by atoms with van der Waals surface area (Å²) in [5.74, 6) is 1.89. The van der Waals surface area contributed by atoms with E-state index in [1.54, 1.807) is 0 Å². The molecule has 0 saturated carbocycles. The quantitative estimate of drug-likeness (QED) is 0.137. The van der Waals surface area contributed by atoms with Crippen LogP contribution in [0.25, 0.3) is 101 Å². The molecule has 0 saturated heterocycles. The van der Waals surface area contributed by atoms with E-state index in [0.29, 0.717) is 17.5 Å². The second-order valence-electron chi connectivity index (χ2n) is 22.9. The maximum absolute atomic E-state index is 5.06. The van der Waals surface area contributed by atoms with Crippen LogP contribution < -0.4 is 4.90 Å². The first-order valence-corrected chi connectivity index (χ1v) is 28.2. The Morgan fingerprint density at radius 2 is 0.556 bits per heavy atom. The van der Waals surface area contributed by atoms with Gasteiger partial charge in [0.2, 0.25) is 0 Å². The lowest BCUT2D eigenvalue weighted by molar-refractivity contribution is 0.660. The summed E-state index contributed by atoms with van der Waals surface area (Å²) in [6.07, 6.45) is 0. The maximum atomic E-state index is 5.06. The molecule has 0 bridgehead atoms. The zero-order valence-electron chi connectivity index (χ0n) is 46.5. The molecule has 2 aliphatic carbocycles. The highest BCUT2D eigenvalue weighted by Gasteiger charge is 2.37. The van der Waals surface area contributed by atoms with Crippen LogP contribution in [0.1, 0.15) is 61.1 Å². The molecule has 0 radical (unpaired) electrons. The smallest absolute Gasteiger partial charge is 0.164 e. The number of aryl methyl sites for hydroxylation is 2. The molecule has 1 aromatic heterocycles. The molecule has 0 aliphatic heterocycles. The molecule has 1 heterocycles. The topological polar surface area (TPSA) is 41.9 Å². The number of hydrogen-bond donors (Lipinski definition) is 0. The molecule has 2 aliphatic rings. The van der Waals surface area contributed by atoms with Crippen LogP contribution in [0, 0.1) is 13.8 Å². The van der Waals surface area contributed by atoms with E-state index in [4.69, 9.17) is 15.0 Å². The molecule has 4 nitrogen and oxygen atoms in total. The molecule has 14 rings (SSSR count). The van der Waals surface area contributed by atoms with Gasteiger partial charge in [0, 0.05) is 44.6 Å². The van der Waals surface area contributed by atoms with Crippen LogP contribution in [-0.4, -0.2) is 15.0 Å². The van der Waals surface area contributed by atoms with Gasteiger partial charge >= 0.3 is 0 Å². The number of benzene rings is 11. The summed E-state index contributed by atoms with van der Waals surface area (Å²) in [5, 5.41) is 0. The monoisotopic (exact) mass is 1040 g/mol. The van der Waals surface area contributed by atoms with Crippen molar-refractivity contribution in [1.29, 1.82) is 0 Å². The lowest BCUT2D eigenvalue weighted by atomic mass is 9.80. The predicted octanol–water partition coefficient (Wildman–Crippen LogP) is 20.2. The van der Waals surface area contributed by atoms with Crippen LogP contribution in [0.5, 0.6) is 0 Å². The Labute approximate surface area is 475 Å². The van der Waals surface area contributed by atoms with Crippen molar-refractivity contribution in [3.05, 3.63) is 288 Å². The van der Waals surface area contributed by atoms with E-state index in [2.05, 4.69) is 241 Å². The van der Waals surface area contributed by atoms with Gasteiger partial charge in [-0.2, -0.15) is 0 Å². The minimum atomic E-state index is -0.163. The van der Waals surface area contributed by atoms with Crippen LogP contribution in [0.2, 0.25) is 0 Å². The van der Waals surface area contributed by atoms with Crippen molar-refractivity contribution in [3.8, 4) is 101 Å². The molecule has 12 aromatic rings. The lowest BCUT2D eigenvalue weighted by Gasteiger charge is -2.27. The van der Waals surface area contributed by atoms with Crippen LogP contribution >= 0.6 is 0 Å². The first-order chi connectivity index (χ1) is 39.5. The van der Waals surface area contributed by atoms with Gasteiger partial charge in [-0.05, 0) is 187 Å². The Morgan fingerprint density at radius 3 is 0.988 bits per heavy atom. The van der Waals surface area contributed by atoms with Gasteiger partial charge in [-0.1, -0.05) is 210 Å². The summed E-state index contributed by atoms with van der Waals surface area (Å²) in [7, 11) is 0. The molecule has 388 valence electrons. The zero-order chi connectivity index (χ0) is 55.0. The third kappa shape index (κ3) is 8.67. The minimum absolute atomic E-state index is 0.154. The summed E-state index contributed by atoms with van der Waals surface area (Å²) in [5.41, 5.74) is 28.7. The third-order valence-corrected chi connectivity index (χ3v) is 17.2. The van der Waals surface area contributed by atoms with Crippen molar-refractivity contribution in [1.82, 2.24) is 15.0 Å². The van der Waals surface area contributed by atoms with E-state index in [0.717, 1.165) is 33.8 Å². The van der Waals surface area contributed by atoms with Crippen molar-refractivity contribution < 1.29 is 0 Å². The summed E-state index contributed by atoms with van der Waals surface area (Å²) in [4.78, 5) is 17.4. The first-order valence-electron chi connectivity index (χ1n) is 28.2. The van der Waals surface area contributed by atoms with Gasteiger partial charge in [-0.3, -0.25) is 0 Å². The van der Waals surface area contributed by atoms with Crippen LogP contribution in [0.15, 0.2) is 255 Å². The highest BCUT2D eigenvalue weighted by atomic mass is 15.1. The van der Waals surface area contributed by atoms with Crippen molar-refractivity contribution in [2.45, 2.75) is 52.4 Å². The summed E-state index contributed by atoms with van der Waals surface area (Å²) >= 11 is 0. The van der Waals surface area contributed by atoms with Gasteiger partial charge < -0.3 is 4.90 Å². The predicted molar refractivity (Wildman–Crippen MR) is 337 cm³/mol. The Hall–Kier alpha value is -9.77. The average Bonchev–Trinajstić information content (AvgIpc) is 4.04. The number of aromatic nitrogens is 3. The van der Waals surface area contributed by atoms with Gasteiger partial charge in [-0.15, -0.1) is 0 Å². The highest BCUT2D eigenvalue weighted by molar-refractivity contribution is 5.89. The molecule has 11 aromatic carbocycles. The molecule has 0 spiro atoms. The van der Waals surface area contributed by atoms with Crippen LogP contribution in [0.4, 0.5) is 17.1 Å². The molecular formula is C77H60N4. The van der Waals surface area contributed by atoms with E-state index in [1.165, 1.54) is 100 Å². The fraction of sp³-hybridized carbons (Fsp3) is 0.104. The van der Waals surface area contributed by atoms with Crippen LogP contribution in [-0.2, 0) is 10.8 Å². The summed E-state index contributed by atoms with van der Waals surface area (Å²) in [6, 6.07) is 92.5. The van der Waals surface area contributed by atoms with E-state index in [1.807, 2.05) is 60.7 Å². The first kappa shape index (κ1) is 49.5. The number of fused-ring (bicyclic) bond motifs is 6. The molecule has 0 unspecified atom stereocenters. The van der Waals surface area contributed by atoms with Gasteiger partial charge in [0.1, 0.15) is 0 Å². The van der Waals surface area contributed by atoms with Gasteiger partial charge in [0.25, 0.3) is 0 Å². The molecule has 4 heteroatoms. The van der Waals surface area contributed by atoms with E-state index < -0.39 is 0 Å². The molecule has 0 amide bonds. The van der Waals surface area contributed by atoms with Crippen molar-refractivity contribution >= 4 is 17.1 Å². The third-order valence-electron chi connectivity index (χ3n) is 17.2. The molecule has 0 fully saturated rings. The van der Waals surface area contributed by atoms with E-state index in [-0.39, 0.29) is 10.8 Å². The van der Waals surface area contributed by atoms with Crippen molar-refractivity contribution in [3.63, 3.8) is 0 Å². The fourth-order valence-electron chi connectivity index (χ4n) is 12.8. The second-order valence-corrected chi connectivity index (χ2v) is 22.9. The van der Waals surface area contributed by atoms with Gasteiger partial charge in [-0.25, -0.2) is 15.0 Å². The summed E-state index contributed by atoms with van der Waals surface area (Å²) in [6.45, 7) is 13.9. The maximum Gasteiger partial charge on any atom is 0.164 e. The molecule has 81 heavy (non-hydrogen) atoms. The van der Waals surface area contributed by atoms with Crippen LogP contribution in [0.3, 0.4) is 0 Å². The highest BCUT2D eigenvalue weighted by Crippen LogP contribution is 2.53. The fourth-order valence-corrected chi connectivity index (χ4v) is 12.8. The minimum Gasteiger partial charge on any atom is -0.310 e. The number of anilines is 3. The Bertz CT molecular complexity index is 4330. The van der Waals surface area contributed by atoms with Gasteiger partial charge in [0.15, 0.2) is 17.5 Å². The number of nitrogens with zero attached hydrogens (tertiary/aromatic N) is 4.